The first-order valence-corrected chi connectivity index (χ1v) is 11.1. The largest absolute Gasteiger partial charge is 0.459 e. The second-order valence-corrected chi connectivity index (χ2v) is 10.1. The summed E-state index contributed by atoms with van der Waals surface area (Å²) in [4.78, 5) is 17.2. The Morgan fingerprint density at radius 3 is 2.37 bits per heavy atom. The fourth-order valence-electron chi connectivity index (χ4n) is 6.22. The fourth-order valence-corrected chi connectivity index (χ4v) is 7.03. The van der Waals surface area contributed by atoms with Crippen LogP contribution >= 0.6 is 11.3 Å². The average molecular weight is 382 g/mol. The van der Waals surface area contributed by atoms with E-state index in [1.54, 1.807) is 11.3 Å². The van der Waals surface area contributed by atoms with Crippen molar-refractivity contribution in [2.75, 3.05) is 0 Å². The lowest BCUT2D eigenvalue weighted by molar-refractivity contribution is -0.153. The summed E-state index contributed by atoms with van der Waals surface area (Å²) in [5.74, 6) is 2.60. The van der Waals surface area contributed by atoms with Crippen LogP contribution in [0.25, 0.3) is 10.6 Å². The van der Waals surface area contributed by atoms with Gasteiger partial charge in [0.05, 0.1) is 12.1 Å². The van der Waals surface area contributed by atoms with Crippen molar-refractivity contribution in [3.05, 3.63) is 40.9 Å². The molecule has 0 aliphatic heterocycles. The van der Waals surface area contributed by atoms with E-state index in [2.05, 4.69) is 36.2 Å². The number of hydrogen-bond acceptors (Lipinski definition) is 4. The minimum absolute atomic E-state index is 0.0261. The Kier molecular flexibility index (Phi) is 4.34. The van der Waals surface area contributed by atoms with E-state index in [9.17, 15) is 4.79 Å². The van der Waals surface area contributed by atoms with Crippen molar-refractivity contribution in [1.29, 1.82) is 0 Å². The van der Waals surface area contributed by atoms with Crippen LogP contribution in [-0.4, -0.2) is 11.0 Å². The summed E-state index contributed by atoms with van der Waals surface area (Å²) in [7, 11) is 0. The van der Waals surface area contributed by atoms with E-state index in [0.29, 0.717) is 13.0 Å². The standard InChI is InChI=1S/C23H27NO2S/c1-15-2-4-19(5-3-15)22-24-20(14-27-22)13-26-21(25)12-23-9-16-6-17(10-23)8-18(7-16)11-23/h2-5,14,16-18H,6-13H2,1H3. The summed E-state index contributed by atoms with van der Waals surface area (Å²) in [5, 5.41) is 3.00. The molecule has 0 radical (unpaired) electrons. The summed E-state index contributed by atoms with van der Waals surface area (Å²) in [5.41, 5.74) is 3.47. The van der Waals surface area contributed by atoms with E-state index in [0.717, 1.165) is 34.0 Å². The number of carbonyl (C=O) groups is 1. The van der Waals surface area contributed by atoms with Crippen molar-refractivity contribution in [2.45, 2.75) is 58.5 Å². The van der Waals surface area contributed by atoms with Gasteiger partial charge < -0.3 is 4.74 Å². The van der Waals surface area contributed by atoms with E-state index < -0.39 is 0 Å². The summed E-state index contributed by atoms with van der Waals surface area (Å²) >= 11 is 1.61. The Morgan fingerprint density at radius 1 is 1.11 bits per heavy atom. The lowest BCUT2D eigenvalue weighted by Gasteiger charge is -2.56. The Labute approximate surface area is 165 Å². The van der Waals surface area contributed by atoms with Crippen molar-refractivity contribution in [2.24, 2.45) is 23.2 Å². The lowest BCUT2D eigenvalue weighted by Crippen LogP contribution is -2.47. The number of ether oxygens (including phenoxy) is 1. The van der Waals surface area contributed by atoms with E-state index in [-0.39, 0.29) is 11.4 Å². The zero-order chi connectivity index (χ0) is 18.4. The van der Waals surface area contributed by atoms with E-state index in [4.69, 9.17) is 4.74 Å². The number of aryl methyl sites for hydroxylation is 1. The van der Waals surface area contributed by atoms with Gasteiger partial charge in [0.1, 0.15) is 11.6 Å². The molecule has 0 spiro atoms. The maximum atomic E-state index is 12.6. The van der Waals surface area contributed by atoms with Crippen molar-refractivity contribution in [3.8, 4) is 10.6 Å². The minimum atomic E-state index is -0.0261. The lowest BCUT2D eigenvalue weighted by atomic mass is 9.49. The number of benzene rings is 1. The molecule has 6 rings (SSSR count). The second-order valence-electron chi connectivity index (χ2n) is 9.27. The molecule has 142 valence electrons. The topological polar surface area (TPSA) is 39.2 Å². The molecule has 2 aromatic rings. The van der Waals surface area contributed by atoms with Gasteiger partial charge in [-0.3, -0.25) is 4.79 Å². The smallest absolute Gasteiger partial charge is 0.306 e. The van der Waals surface area contributed by atoms with Gasteiger partial charge in [0.2, 0.25) is 0 Å². The second kappa shape index (κ2) is 6.73. The highest BCUT2D eigenvalue weighted by Crippen LogP contribution is 2.61. The maximum absolute atomic E-state index is 12.6. The Balaban J connectivity index is 1.19. The quantitative estimate of drug-likeness (QED) is 0.617. The highest BCUT2D eigenvalue weighted by Gasteiger charge is 2.51. The molecule has 4 heteroatoms. The van der Waals surface area contributed by atoms with Gasteiger partial charge in [-0.1, -0.05) is 29.8 Å². The third-order valence-corrected chi connectivity index (χ3v) is 7.86. The molecule has 0 unspecified atom stereocenters. The highest BCUT2D eigenvalue weighted by molar-refractivity contribution is 7.13. The van der Waals surface area contributed by atoms with Gasteiger partial charge in [0.15, 0.2) is 0 Å². The summed E-state index contributed by atoms with van der Waals surface area (Å²) in [6.45, 7) is 2.38. The number of hydrogen-bond donors (Lipinski definition) is 0. The van der Waals surface area contributed by atoms with Gasteiger partial charge in [-0.2, -0.15) is 0 Å². The molecule has 4 fully saturated rings. The molecule has 3 nitrogen and oxygen atoms in total. The third kappa shape index (κ3) is 3.56. The van der Waals surface area contributed by atoms with Crippen LogP contribution in [0, 0.1) is 30.1 Å². The molecule has 1 aromatic carbocycles. The van der Waals surface area contributed by atoms with Crippen LogP contribution in [-0.2, 0) is 16.1 Å². The Hall–Kier alpha value is -1.68. The molecule has 0 atom stereocenters. The molecular weight excluding hydrogens is 354 g/mol. The Bertz CT molecular complexity index is 803. The molecule has 4 aliphatic carbocycles. The predicted octanol–water partition coefficient (Wildman–Crippen LogP) is 5.77. The first kappa shape index (κ1) is 17.4. The normalized spacial score (nSPS) is 31.2. The number of thiazole rings is 1. The van der Waals surface area contributed by atoms with E-state index in [1.165, 1.54) is 44.1 Å². The number of carbonyl (C=O) groups excluding carboxylic acids is 1. The van der Waals surface area contributed by atoms with E-state index >= 15 is 0 Å². The molecule has 4 aliphatic rings. The van der Waals surface area contributed by atoms with Crippen molar-refractivity contribution in [3.63, 3.8) is 0 Å². The Morgan fingerprint density at radius 2 is 1.74 bits per heavy atom. The van der Waals surface area contributed by atoms with Crippen LogP contribution in [0.2, 0.25) is 0 Å². The third-order valence-electron chi connectivity index (χ3n) is 6.92. The van der Waals surface area contributed by atoms with Gasteiger partial charge in [-0.25, -0.2) is 4.98 Å². The first-order chi connectivity index (χ1) is 13.1. The van der Waals surface area contributed by atoms with Gasteiger partial charge >= 0.3 is 5.97 Å². The fraction of sp³-hybridized carbons (Fsp3) is 0.565. The van der Waals surface area contributed by atoms with Crippen LogP contribution in [0.15, 0.2) is 29.6 Å². The molecule has 4 saturated carbocycles. The number of rotatable bonds is 5. The highest BCUT2D eigenvalue weighted by atomic mass is 32.1. The summed E-state index contributed by atoms with van der Waals surface area (Å²) < 4.78 is 5.64. The maximum Gasteiger partial charge on any atom is 0.306 e. The van der Waals surface area contributed by atoms with Gasteiger partial charge in [-0.05, 0) is 68.6 Å². The molecule has 0 N–H and O–H groups in total. The van der Waals surface area contributed by atoms with Crippen LogP contribution in [0.1, 0.15) is 56.2 Å². The van der Waals surface area contributed by atoms with Crippen molar-refractivity contribution < 1.29 is 9.53 Å². The summed E-state index contributed by atoms with van der Waals surface area (Å²) in [6, 6.07) is 8.39. The molecule has 1 aromatic heterocycles. The molecule has 27 heavy (non-hydrogen) atoms. The van der Waals surface area contributed by atoms with Crippen LogP contribution in [0.3, 0.4) is 0 Å². The molecule has 1 heterocycles. The number of aromatic nitrogens is 1. The van der Waals surface area contributed by atoms with E-state index in [1.807, 2.05) is 5.38 Å². The van der Waals surface area contributed by atoms with Gasteiger partial charge in [0.25, 0.3) is 0 Å². The summed E-state index contributed by atoms with van der Waals surface area (Å²) in [6.07, 6.45) is 8.61. The molecule has 0 amide bonds. The zero-order valence-electron chi connectivity index (χ0n) is 15.9. The van der Waals surface area contributed by atoms with Crippen molar-refractivity contribution in [1.82, 2.24) is 4.98 Å². The van der Waals surface area contributed by atoms with Crippen molar-refractivity contribution >= 4 is 17.3 Å². The average Bonchev–Trinajstić information content (AvgIpc) is 3.08. The number of nitrogens with zero attached hydrogens (tertiary/aromatic N) is 1. The molecule has 0 saturated heterocycles. The zero-order valence-corrected chi connectivity index (χ0v) is 16.8. The van der Waals surface area contributed by atoms with Crippen LogP contribution in [0.4, 0.5) is 0 Å². The van der Waals surface area contributed by atoms with Gasteiger partial charge in [0, 0.05) is 10.9 Å². The molecular formula is C23H27NO2S. The monoisotopic (exact) mass is 381 g/mol. The van der Waals surface area contributed by atoms with Crippen LogP contribution in [0.5, 0.6) is 0 Å². The SMILES string of the molecule is Cc1ccc(-c2nc(COC(=O)CC34CC5CC(CC(C5)C3)C4)cs2)cc1. The van der Waals surface area contributed by atoms with Gasteiger partial charge in [-0.15, -0.1) is 11.3 Å². The number of esters is 1. The predicted molar refractivity (Wildman–Crippen MR) is 107 cm³/mol. The molecule has 4 bridgehead atoms. The first-order valence-electron chi connectivity index (χ1n) is 10.2. The van der Waals surface area contributed by atoms with Crippen LogP contribution < -0.4 is 0 Å². The minimum Gasteiger partial charge on any atom is -0.459 e.